The standard InChI is InChI=1S/C25H31N3/c1-18(2)24-16-11-21(17-26-24)25(19-7-12-22(13-8-19)27(3)4)20-9-14-23(15-10-20)28(5)6/h7-18,25H,1-6H3. The maximum absolute atomic E-state index is 4.73. The second kappa shape index (κ2) is 8.47. The molecule has 0 unspecified atom stereocenters. The number of rotatable bonds is 6. The van der Waals surface area contributed by atoms with Gasteiger partial charge in [0.2, 0.25) is 0 Å². The summed E-state index contributed by atoms with van der Waals surface area (Å²) in [4.78, 5) is 8.98. The molecule has 0 bridgehead atoms. The van der Waals surface area contributed by atoms with Crippen molar-refractivity contribution in [3.05, 3.63) is 89.2 Å². The van der Waals surface area contributed by atoms with Crippen molar-refractivity contribution in [3.8, 4) is 0 Å². The smallest absolute Gasteiger partial charge is 0.0429 e. The van der Waals surface area contributed by atoms with E-state index in [2.05, 4.69) is 113 Å². The highest BCUT2D eigenvalue weighted by atomic mass is 15.1. The summed E-state index contributed by atoms with van der Waals surface area (Å²) in [5, 5.41) is 0. The minimum atomic E-state index is 0.168. The Kier molecular flexibility index (Phi) is 6.03. The molecule has 0 N–H and O–H groups in total. The fourth-order valence-electron chi connectivity index (χ4n) is 3.44. The van der Waals surface area contributed by atoms with E-state index >= 15 is 0 Å². The molecule has 3 heteroatoms. The van der Waals surface area contributed by atoms with Gasteiger partial charge in [0.05, 0.1) is 0 Å². The molecule has 0 aliphatic rings. The number of pyridine rings is 1. The first-order chi connectivity index (χ1) is 13.4. The van der Waals surface area contributed by atoms with E-state index in [0.29, 0.717) is 5.92 Å². The quantitative estimate of drug-likeness (QED) is 0.567. The summed E-state index contributed by atoms with van der Waals surface area (Å²) < 4.78 is 0. The zero-order valence-corrected chi connectivity index (χ0v) is 17.8. The molecular weight excluding hydrogens is 342 g/mol. The largest absolute Gasteiger partial charge is 0.378 e. The first-order valence-corrected chi connectivity index (χ1v) is 9.87. The summed E-state index contributed by atoms with van der Waals surface area (Å²) >= 11 is 0. The Morgan fingerprint density at radius 1 is 0.607 bits per heavy atom. The van der Waals surface area contributed by atoms with E-state index in [1.165, 1.54) is 28.1 Å². The minimum absolute atomic E-state index is 0.168. The van der Waals surface area contributed by atoms with Gasteiger partial charge in [-0.25, -0.2) is 0 Å². The molecule has 0 aliphatic carbocycles. The lowest BCUT2D eigenvalue weighted by Gasteiger charge is -2.22. The van der Waals surface area contributed by atoms with Crippen molar-refractivity contribution in [2.45, 2.75) is 25.7 Å². The summed E-state index contributed by atoms with van der Waals surface area (Å²) in [6, 6.07) is 22.1. The molecule has 0 saturated heterocycles. The molecule has 0 fully saturated rings. The Bertz CT molecular complexity index is 754. The number of aromatic nitrogens is 1. The van der Waals surface area contributed by atoms with Crippen LogP contribution < -0.4 is 9.80 Å². The van der Waals surface area contributed by atoms with Gasteiger partial charge < -0.3 is 9.80 Å². The van der Waals surface area contributed by atoms with Crippen LogP contribution in [0, 0.1) is 0 Å². The van der Waals surface area contributed by atoms with E-state index in [1.54, 1.807) is 0 Å². The van der Waals surface area contributed by atoms with Crippen LogP contribution >= 0.6 is 0 Å². The number of anilines is 2. The second-order valence-corrected chi connectivity index (χ2v) is 8.08. The van der Waals surface area contributed by atoms with Crippen molar-refractivity contribution in [3.63, 3.8) is 0 Å². The molecule has 1 heterocycles. The van der Waals surface area contributed by atoms with Crippen molar-refractivity contribution in [1.29, 1.82) is 0 Å². The number of hydrogen-bond donors (Lipinski definition) is 0. The molecule has 0 spiro atoms. The molecule has 0 atom stereocenters. The average molecular weight is 374 g/mol. The maximum atomic E-state index is 4.73. The zero-order chi connectivity index (χ0) is 20.3. The Hall–Kier alpha value is -2.81. The van der Waals surface area contributed by atoms with Gasteiger partial charge in [-0.2, -0.15) is 0 Å². The highest BCUT2D eigenvalue weighted by Crippen LogP contribution is 2.33. The van der Waals surface area contributed by atoms with Gasteiger partial charge in [0.1, 0.15) is 0 Å². The SMILES string of the molecule is CC(C)c1ccc(C(c2ccc(N(C)C)cc2)c2ccc(N(C)C)cc2)cn1. The van der Waals surface area contributed by atoms with Crippen LogP contribution in [0.15, 0.2) is 66.9 Å². The Morgan fingerprint density at radius 3 is 1.36 bits per heavy atom. The van der Waals surface area contributed by atoms with Crippen LogP contribution in [0.1, 0.15) is 48.1 Å². The van der Waals surface area contributed by atoms with Crippen molar-refractivity contribution in [2.24, 2.45) is 0 Å². The summed E-state index contributed by atoms with van der Waals surface area (Å²) in [7, 11) is 8.28. The summed E-state index contributed by atoms with van der Waals surface area (Å²) in [6.45, 7) is 4.36. The van der Waals surface area contributed by atoms with Gasteiger partial charge in [-0.15, -0.1) is 0 Å². The monoisotopic (exact) mass is 373 g/mol. The van der Waals surface area contributed by atoms with Crippen LogP contribution in [0.25, 0.3) is 0 Å². The van der Waals surface area contributed by atoms with Crippen LogP contribution in [0.4, 0.5) is 11.4 Å². The molecule has 146 valence electrons. The van der Waals surface area contributed by atoms with Crippen LogP contribution in [0.5, 0.6) is 0 Å². The summed E-state index contributed by atoms with van der Waals surface area (Å²) in [5.74, 6) is 0.604. The molecule has 3 rings (SSSR count). The average Bonchev–Trinajstić information content (AvgIpc) is 2.69. The lowest BCUT2D eigenvalue weighted by molar-refractivity contribution is 0.815. The van der Waals surface area contributed by atoms with Gasteiger partial charge in [0.15, 0.2) is 0 Å². The van der Waals surface area contributed by atoms with Crippen LogP contribution in [-0.2, 0) is 0 Å². The van der Waals surface area contributed by atoms with Gasteiger partial charge in [-0.3, -0.25) is 4.98 Å². The highest BCUT2D eigenvalue weighted by Gasteiger charge is 2.18. The molecule has 3 aromatic rings. The van der Waals surface area contributed by atoms with Crippen molar-refractivity contribution >= 4 is 11.4 Å². The fraction of sp³-hybridized carbons (Fsp3) is 0.320. The van der Waals surface area contributed by atoms with E-state index in [4.69, 9.17) is 4.98 Å². The fourth-order valence-corrected chi connectivity index (χ4v) is 3.44. The number of benzene rings is 2. The molecule has 1 aromatic heterocycles. The van der Waals surface area contributed by atoms with Gasteiger partial charge in [0.25, 0.3) is 0 Å². The predicted octanol–water partition coefficient (Wildman–Crippen LogP) is 5.52. The molecule has 28 heavy (non-hydrogen) atoms. The lowest BCUT2D eigenvalue weighted by Crippen LogP contribution is -2.10. The highest BCUT2D eigenvalue weighted by molar-refractivity contribution is 5.53. The Labute approximate surface area is 169 Å². The van der Waals surface area contributed by atoms with Gasteiger partial charge >= 0.3 is 0 Å². The number of hydrogen-bond acceptors (Lipinski definition) is 3. The normalized spacial score (nSPS) is 11.1. The van der Waals surface area contributed by atoms with Gasteiger partial charge in [-0.05, 0) is 52.9 Å². The Balaban J connectivity index is 2.04. The topological polar surface area (TPSA) is 19.4 Å². The summed E-state index contributed by atoms with van der Waals surface area (Å²) in [5.41, 5.74) is 7.33. The second-order valence-electron chi connectivity index (χ2n) is 8.08. The molecule has 2 aromatic carbocycles. The van der Waals surface area contributed by atoms with E-state index in [1.807, 2.05) is 6.20 Å². The molecular formula is C25H31N3. The van der Waals surface area contributed by atoms with Gasteiger partial charge in [0, 0.05) is 57.4 Å². The molecule has 0 aliphatic heterocycles. The number of nitrogens with zero attached hydrogens (tertiary/aromatic N) is 3. The van der Waals surface area contributed by atoms with Gasteiger partial charge in [-0.1, -0.05) is 44.2 Å². The van der Waals surface area contributed by atoms with E-state index in [9.17, 15) is 0 Å². The third-order valence-corrected chi connectivity index (χ3v) is 5.22. The lowest BCUT2D eigenvalue weighted by atomic mass is 9.85. The molecule has 0 amide bonds. The minimum Gasteiger partial charge on any atom is -0.378 e. The first-order valence-electron chi connectivity index (χ1n) is 9.87. The van der Waals surface area contributed by atoms with E-state index < -0.39 is 0 Å². The van der Waals surface area contributed by atoms with Crippen LogP contribution in [-0.4, -0.2) is 33.2 Å². The molecule has 0 saturated carbocycles. The maximum Gasteiger partial charge on any atom is 0.0429 e. The van der Waals surface area contributed by atoms with Crippen LogP contribution in [0.3, 0.4) is 0 Å². The van der Waals surface area contributed by atoms with E-state index in [0.717, 1.165) is 5.69 Å². The third-order valence-electron chi connectivity index (χ3n) is 5.22. The molecule has 3 nitrogen and oxygen atoms in total. The van der Waals surface area contributed by atoms with E-state index in [-0.39, 0.29) is 5.92 Å². The van der Waals surface area contributed by atoms with Crippen molar-refractivity contribution in [1.82, 2.24) is 4.98 Å². The zero-order valence-electron chi connectivity index (χ0n) is 17.8. The van der Waals surface area contributed by atoms with Crippen LogP contribution in [0.2, 0.25) is 0 Å². The third kappa shape index (κ3) is 4.36. The summed E-state index contributed by atoms with van der Waals surface area (Å²) in [6.07, 6.45) is 2.04. The van der Waals surface area contributed by atoms with Crippen molar-refractivity contribution < 1.29 is 0 Å². The first kappa shape index (κ1) is 19.9. The Morgan fingerprint density at radius 2 is 1.04 bits per heavy atom. The predicted molar refractivity (Wildman–Crippen MR) is 121 cm³/mol. The van der Waals surface area contributed by atoms with Crippen molar-refractivity contribution in [2.75, 3.05) is 38.0 Å². The molecule has 0 radical (unpaired) electrons.